The summed E-state index contributed by atoms with van der Waals surface area (Å²) in [5, 5.41) is 12.4. The van der Waals surface area contributed by atoms with Crippen molar-refractivity contribution in [2.75, 3.05) is 65.6 Å². The minimum Gasteiger partial charge on any atom is -0.455 e. The van der Waals surface area contributed by atoms with Crippen LogP contribution in [-0.4, -0.2) is 127 Å². The van der Waals surface area contributed by atoms with E-state index in [1.54, 1.807) is 22.0 Å². The van der Waals surface area contributed by atoms with Gasteiger partial charge in [-0.2, -0.15) is 0 Å². The summed E-state index contributed by atoms with van der Waals surface area (Å²) in [6, 6.07) is 8.22. The van der Waals surface area contributed by atoms with Gasteiger partial charge in [0.25, 0.3) is 0 Å². The number of morpholine rings is 1. The molecule has 5 bridgehead atoms. The van der Waals surface area contributed by atoms with Crippen molar-refractivity contribution in [3.8, 4) is 0 Å². The Morgan fingerprint density at radius 3 is 2.54 bits per heavy atom. The fourth-order valence-corrected chi connectivity index (χ4v) is 7.35. The Morgan fingerprint density at radius 2 is 1.76 bits per heavy atom. The third-order valence-corrected chi connectivity index (χ3v) is 9.73. The Kier molecular flexibility index (Phi) is 10.2. The number of nitrogens with zero attached hydrogens (tertiary/aromatic N) is 3. The number of carbonyl (C=O) groups is 4. The number of likely N-dealkylation sites (tertiary alicyclic amines) is 1. The minimum atomic E-state index is -1.31. The molecule has 1 aromatic rings. The summed E-state index contributed by atoms with van der Waals surface area (Å²) in [6.45, 7) is 4.50. The number of hydrogen-bond donors (Lipinski definition) is 2. The number of carbonyl (C=O) groups excluding carboxylic acids is 4. The van der Waals surface area contributed by atoms with Gasteiger partial charge < -0.3 is 34.4 Å². The number of ether oxygens (including phenoxy) is 3. The molecule has 5 aliphatic heterocycles. The largest absolute Gasteiger partial charge is 0.455 e. The van der Waals surface area contributed by atoms with E-state index in [1.165, 1.54) is 0 Å². The van der Waals surface area contributed by atoms with Crippen LogP contribution in [-0.2, 0) is 33.4 Å². The van der Waals surface area contributed by atoms with Gasteiger partial charge in [0.05, 0.1) is 31.8 Å². The first-order chi connectivity index (χ1) is 22.4. The van der Waals surface area contributed by atoms with E-state index in [4.69, 9.17) is 14.2 Å². The second-order valence-electron chi connectivity index (χ2n) is 12.6. The third kappa shape index (κ3) is 6.48. The topological polar surface area (TPSA) is 138 Å². The lowest BCUT2D eigenvalue weighted by molar-refractivity contribution is -0.159. The van der Waals surface area contributed by atoms with Crippen LogP contribution in [0.1, 0.15) is 37.4 Å². The quantitative estimate of drug-likeness (QED) is 0.241. The van der Waals surface area contributed by atoms with Crippen LogP contribution in [0.25, 0.3) is 0 Å². The van der Waals surface area contributed by atoms with Crippen LogP contribution in [0.3, 0.4) is 0 Å². The number of cyclic esters (lactones) is 1. The van der Waals surface area contributed by atoms with E-state index in [1.807, 2.05) is 42.5 Å². The number of allylic oxidation sites excluding steroid dienone is 1. The molecular formula is C34H44N4O8. The number of amides is 3. The van der Waals surface area contributed by atoms with Gasteiger partial charge in [-0.15, -0.1) is 0 Å². The first-order valence-corrected chi connectivity index (χ1v) is 16.5. The predicted molar refractivity (Wildman–Crippen MR) is 166 cm³/mol. The van der Waals surface area contributed by atoms with Crippen LogP contribution >= 0.6 is 0 Å². The molecule has 3 saturated heterocycles. The van der Waals surface area contributed by atoms with Crippen molar-refractivity contribution >= 4 is 23.7 Å². The van der Waals surface area contributed by atoms with Crippen LogP contribution in [0.5, 0.6) is 0 Å². The molecule has 2 N–H and O–H groups in total. The number of aliphatic hydroxyl groups is 1. The highest BCUT2D eigenvalue weighted by Crippen LogP contribution is 2.55. The fourth-order valence-electron chi connectivity index (χ4n) is 7.35. The number of esters is 1. The molecule has 6 rings (SSSR count). The van der Waals surface area contributed by atoms with Gasteiger partial charge in [-0.3, -0.25) is 24.1 Å². The molecule has 0 aromatic heterocycles. The molecule has 0 saturated carbocycles. The number of benzene rings is 1. The highest BCUT2D eigenvalue weighted by atomic mass is 16.6. The van der Waals surface area contributed by atoms with E-state index in [9.17, 15) is 24.3 Å². The van der Waals surface area contributed by atoms with Crippen LogP contribution < -0.4 is 5.32 Å². The Morgan fingerprint density at radius 1 is 0.957 bits per heavy atom. The van der Waals surface area contributed by atoms with Crippen LogP contribution in [0.2, 0.25) is 0 Å². The third-order valence-electron chi connectivity index (χ3n) is 9.73. The lowest BCUT2D eigenvalue weighted by Gasteiger charge is -2.37. The van der Waals surface area contributed by atoms with E-state index < -0.39 is 41.7 Å². The van der Waals surface area contributed by atoms with Gasteiger partial charge in [-0.05, 0) is 24.8 Å². The standard InChI is InChI=1S/C34H44N4O8/c39-20-8-7-15-38-30-32(42)37(17-16-36-18-21-44-22-19-36)14-6-2-5-11-27(40)35-23-26(24-9-3-1-4-10-24)45-33(43)28-25-12-13-34(30,46-25)29(28)31(38)41/h1-4,6,9-10,12-13,25-26,28-30,39H,5,7-8,11,14-23H2,(H,35,40)/b6-2-/t25-,26-,28+,29+,30-,34+/m1/s1. The smallest absolute Gasteiger partial charge is 0.313 e. The van der Waals surface area contributed by atoms with Gasteiger partial charge in [0.1, 0.15) is 23.7 Å². The molecule has 3 fully saturated rings. The van der Waals surface area contributed by atoms with Crippen molar-refractivity contribution in [2.24, 2.45) is 11.8 Å². The van der Waals surface area contributed by atoms with Gasteiger partial charge >= 0.3 is 5.97 Å². The number of unbranched alkanes of at least 4 members (excludes halogenated alkanes) is 1. The van der Waals surface area contributed by atoms with Gasteiger partial charge in [-0.25, -0.2) is 0 Å². The van der Waals surface area contributed by atoms with E-state index in [-0.39, 0.29) is 43.8 Å². The fraction of sp³-hybridized carbons (Fsp3) is 0.588. The summed E-state index contributed by atoms with van der Waals surface area (Å²) in [7, 11) is 0. The van der Waals surface area contributed by atoms with Crippen LogP contribution in [0.15, 0.2) is 54.6 Å². The monoisotopic (exact) mass is 636 g/mol. The molecule has 12 nitrogen and oxygen atoms in total. The molecule has 3 amide bonds. The van der Waals surface area contributed by atoms with Crippen molar-refractivity contribution in [3.63, 3.8) is 0 Å². The van der Waals surface area contributed by atoms with E-state index >= 15 is 0 Å². The molecule has 12 heteroatoms. The molecule has 1 aromatic carbocycles. The zero-order valence-electron chi connectivity index (χ0n) is 26.1. The molecule has 5 aliphatic rings. The van der Waals surface area contributed by atoms with Crippen LogP contribution in [0.4, 0.5) is 0 Å². The number of rotatable bonds is 8. The van der Waals surface area contributed by atoms with E-state index in [0.29, 0.717) is 52.1 Å². The van der Waals surface area contributed by atoms with Gasteiger partial charge in [0, 0.05) is 52.3 Å². The average Bonchev–Trinajstić information content (AvgIpc) is 3.72. The van der Waals surface area contributed by atoms with Crippen molar-refractivity contribution < 1.29 is 38.5 Å². The molecule has 248 valence electrons. The second kappa shape index (κ2) is 14.5. The number of aliphatic hydroxyl groups excluding tert-OH is 1. The average molecular weight is 637 g/mol. The van der Waals surface area contributed by atoms with Crippen LogP contribution in [0, 0.1) is 11.8 Å². The van der Waals surface area contributed by atoms with Crippen molar-refractivity contribution in [3.05, 3.63) is 60.2 Å². The molecule has 1 spiro atoms. The normalized spacial score (nSPS) is 32.8. The maximum absolute atomic E-state index is 14.7. The zero-order valence-corrected chi connectivity index (χ0v) is 26.1. The summed E-state index contributed by atoms with van der Waals surface area (Å²) >= 11 is 0. The highest BCUT2D eigenvalue weighted by molar-refractivity contribution is 5.99. The lowest BCUT2D eigenvalue weighted by atomic mass is 9.74. The van der Waals surface area contributed by atoms with E-state index in [0.717, 1.165) is 18.7 Å². The maximum atomic E-state index is 14.7. The Labute approximate surface area is 269 Å². The minimum absolute atomic E-state index is 0.0312. The number of nitrogens with one attached hydrogen (secondary N) is 1. The van der Waals surface area contributed by atoms with Gasteiger partial charge in [0.15, 0.2) is 0 Å². The van der Waals surface area contributed by atoms with E-state index in [2.05, 4.69) is 10.2 Å². The first-order valence-electron chi connectivity index (χ1n) is 16.5. The Bertz CT molecular complexity index is 1330. The lowest BCUT2D eigenvalue weighted by Crippen LogP contribution is -2.57. The first kappa shape index (κ1) is 32.4. The summed E-state index contributed by atoms with van der Waals surface area (Å²) in [4.78, 5) is 61.3. The van der Waals surface area contributed by atoms with Crippen molar-refractivity contribution in [1.82, 2.24) is 20.0 Å². The summed E-state index contributed by atoms with van der Waals surface area (Å²) in [6.07, 6.45) is 7.58. The molecule has 0 unspecified atom stereocenters. The highest BCUT2D eigenvalue weighted by Gasteiger charge is 2.73. The Balaban J connectivity index is 1.34. The second-order valence-corrected chi connectivity index (χ2v) is 12.6. The zero-order chi connectivity index (χ0) is 32.1. The van der Waals surface area contributed by atoms with Gasteiger partial charge in [0.2, 0.25) is 17.7 Å². The summed E-state index contributed by atoms with van der Waals surface area (Å²) < 4.78 is 18.1. The number of hydrogen-bond acceptors (Lipinski definition) is 9. The molecular weight excluding hydrogens is 592 g/mol. The summed E-state index contributed by atoms with van der Waals surface area (Å²) in [5.41, 5.74) is -0.594. The maximum Gasteiger partial charge on any atom is 0.313 e. The van der Waals surface area contributed by atoms with Crippen molar-refractivity contribution in [1.29, 1.82) is 0 Å². The summed E-state index contributed by atoms with van der Waals surface area (Å²) in [5.74, 6) is -3.23. The van der Waals surface area contributed by atoms with Crippen molar-refractivity contribution in [2.45, 2.75) is 49.5 Å². The predicted octanol–water partition coefficient (Wildman–Crippen LogP) is 0.821. The molecule has 6 atom stereocenters. The molecule has 5 heterocycles. The SMILES string of the molecule is O=C1CC/C=C\CN(CCN2CCOCC2)C(=O)[C@H]2N(CCCCO)C(=O)[C@@H]3[C@@H](C(=O)O[C@@H](c4ccccc4)CN1)[C@H]1C=C[C@]32O1. The Hall–Kier alpha value is -3.58. The molecule has 0 aliphatic carbocycles. The number of fused-ring (bicyclic) bond motifs is 2. The molecule has 46 heavy (non-hydrogen) atoms. The molecule has 0 radical (unpaired) electrons. The van der Waals surface area contributed by atoms with Gasteiger partial charge in [-0.1, -0.05) is 54.6 Å².